The van der Waals surface area contributed by atoms with Crippen LogP contribution in [0.1, 0.15) is 62.2 Å². The van der Waals surface area contributed by atoms with Gasteiger partial charge in [-0.2, -0.15) is 0 Å². The lowest BCUT2D eigenvalue weighted by Crippen LogP contribution is -2.38. The van der Waals surface area contributed by atoms with Crippen molar-refractivity contribution in [2.24, 2.45) is 11.8 Å². The van der Waals surface area contributed by atoms with Crippen molar-refractivity contribution < 1.29 is 9.90 Å². The minimum absolute atomic E-state index is 0.0504. The number of benzene rings is 1. The lowest BCUT2D eigenvalue weighted by molar-refractivity contribution is 0.0908. The number of hydrogen-bond donors (Lipinski definition) is 2. The molecule has 1 aromatic heterocycles. The fourth-order valence-electron chi connectivity index (χ4n) is 3.15. The van der Waals surface area contributed by atoms with Gasteiger partial charge in [0.15, 0.2) is 0 Å². The van der Waals surface area contributed by atoms with E-state index in [0.29, 0.717) is 17.4 Å². The van der Waals surface area contributed by atoms with Gasteiger partial charge in [0.1, 0.15) is 0 Å². The predicted octanol–water partition coefficient (Wildman–Crippen LogP) is 4.74. The summed E-state index contributed by atoms with van der Waals surface area (Å²) < 4.78 is 0. The lowest BCUT2D eigenvalue weighted by Gasteiger charge is -2.18. The molecule has 0 unspecified atom stereocenters. The van der Waals surface area contributed by atoms with Crippen molar-refractivity contribution in [3.63, 3.8) is 0 Å². The summed E-state index contributed by atoms with van der Waals surface area (Å²) in [7, 11) is 0. The quantitative estimate of drug-likeness (QED) is 0.707. The zero-order chi connectivity index (χ0) is 20.0. The number of aryl methyl sites for hydroxylation is 1. The number of rotatable bonds is 8. The summed E-state index contributed by atoms with van der Waals surface area (Å²) in [5.41, 5.74) is 2.62. The number of aliphatic hydroxyl groups excluding tert-OH is 1. The van der Waals surface area contributed by atoms with Gasteiger partial charge >= 0.3 is 0 Å². The van der Waals surface area contributed by atoms with E-state index in [1.807, 2.05) is 31.3 Å². The summed E-state index contributed by atoms with van der Waals surface area (Å²) in [6.07, 6.45) is 7.84. The second kappa shape index (κ2) is 9.65. The normalized spacial score (nSPS) is 13.0. The molecule has 1 amide bonds. The second-order valence-corrected chi connectivity index (χ2v) is 8.08. The van der Waals surface area contributed by atoms with Crippen LogP contribution < -0.4 is 5.32 Å². The first-order valence-corrected chi connectivity index (χ1v) is 9.79. The molecule has 146 valence electrons. The maximum atomic E-state index is 12.6. The number of allylic oxidation sites excluding steroid dienone is 1. The molecule has 27 heavy (non-hydrogen) atoms. The summed E-state index contributed by atoms with van der Waals surface area (Å²) in [6.45, 7) is 10.5. The molecule has 1 aromatic carbocycles. The van der Waals surface area contributed by atoms with Crippen LogP contribution in [0.25, 0.3) is 16.8 Å². The smallest absolute Gasteiger partial charge is 0.251 e. The number of hydrogen-bond acceptors (Lipinski definition) is 3. The average Bonchev–Trinajstić information content (AvgIpc) is 2.62. The third-order valence-electron chi connectivity index (χ3n) is 4.64. The summed E-state index contributed by atoms with van der Waals surface area (Å²) >= 11 is 0. The second-order valence-electron chi connectivity index (χ2n) is 8.08. The van der Waals surface area contributed by atoms with E-state index in [9.17, 15) is 9.90 Å². The van der Waals surface area contributed by atoms with Crippen LogP contribution in [-0.2, 0) is 0 Å². The number of fused-ring (bicyclic) bond motifs is 1. The monoisotopic (exact) mass is 368 g/mol. The molecule has 4 heteroatoms. The molecule has 0 saturated carbocycles. The maximum Gasteiger partial charge on any atom is 0.251 e. The highest BCUT2D eigenvalue weighted by molar-refractivity contribution is 5.99. The largest absolute Gasteiger partial charge is 0.394 e. The van der Waals surface area contributed by atoms with E-state index in [1.165, 1.54) is 0 Å². The van der Waals surface area contributed by atoms with E-state index in [0.717, 1.165) is 34.9 Å². The van der Waals surface area contributed by atoms with Gasteiger partial charge in [0, 0.05) is 17.1 Å². The van der Waals surface area contributed by atoms with Crippen LogP contribution in [0.2, 0.25) is 0 Å². The van der Waals surface area contributed by atoms with Crippen LogP contribution in [0, 0.1) is 18.8 Å². The number of nitrogens with one attached hydrogen (secondary N) is 1. The maximum absolute atomic E-state index is 12.6. The molecular weight excluding hydrogens is 336 g/mol. The van der Waals surface area contributed by atoms with Gasteiger partial charge in [0.05, 0.1) is 18.3 Å². The summed E-state index contributed by atoms with van der Waals surface area (Å²) in [5, 5.41) is 14.5. The van der Waals surface area contributed by atoms with Gasteiger partial charge in [-0.05, 0) is 60.8 Å². The molecule has 0 aliphatic carbocycles. The standard InChI is InChI=1S/C23H32N2O2/c1-15(2)7-6-8-22-17(5)21-12-18(9-10-19(21)13-24-22)23(27)25-20(14-26)11-16(3)4/h6,8-10,12-13,15-16,20,26H,7,11,14H2,1-5H3,(H,25,27)/b8-6+/t20-/m0/s1. The molecule has 2 rings (SSSR count). The number of aromatic nitrogens is 1. The fourth-order valence-corrected chi connectivity index (χ4v) is 3.15. The van der Waals surface area contributed by atoms with Gasteiger partial charge in [-0.1, -0.05) is 39.8 Å². The van der Waals surface area contributed by atoms with Crippen LogP contribution in [0.15, 0.2) is 30.5 Å². The van der Waals surface area contributed by atoms with Crippen LogP contribution >= 0.6 is 0 Å². The van der Waals surface area contributed by atoms with Crippen molar-refractivity contribution in [3.8, 4) is 0 Å². The van der Waals surface area contributed by atoms with Crippen molar-refractivity contribution >= 4 is 22.8 Å². The molecule has 2 aromatic rings. The third-order valence-corrected chi connectivity index (χ3v) is 4.64. The van der Waals surface area contributed by atoms with Crippen molar-refractivity contribution in [2.45, 2.75) is 53.5 Å². The Morgan fingerprint density at radius 3 is 2.59 bits per heavy atom. The highest BCUT2D eigenvalue weighted by Crippen LogP contribution is 2.23. The number of nitrogens with zero attached hydrogens (tertiary/aromatic N) is 1. The Kier molecular flexibility index (Phi) is 7.55. The molecule has 0 aliphatic heterocycles. The molecule has 4 nitrogen and oxygen atoms in total. The van der Waals surface area contributed by atoms with Gasteiger partial charge < -0.3 is 10.4 Å². The van der Waals surface area contributed by atoms with E-state index in [4.69, 9.17) is 0 Å². The van der Waals surface area contributed by atoms with E-state index >= 15 is 0 Å². The van der Waals surface area contributed by atoms with Crippen LogP contribution in [-0.4, -0.2) is 28.6 Å². The Morgan fingerprint density at radius 1 is 1.22 bits per heavy atom. The SMILES string of the molecule is Cc1c(/C=C/CC(C)C)ncc2ccc(C(=O)N[C@H](CO)CC(C)C)cc12. The van der Waals surface area contributed by atoms with Crippen LogP contribution in [0.3, 0.4) is 0 Å². The van der Waals surface area contributed by atoms with Gasteiger partial charge in [0.2, 0.25) is 0 Å². The van der Waals surface area contributed by atoms with Gasteiger partial charge in [-0.3, -0.25) is 9.78 Å². The van der Waals surface area contributed by atoms with Gasteiger partial charge in [-0.15, -0.1) is 0 Å². The van der Waals surface area contributed by atoms with Crippen molar-refractivity contribution in [3.05, 3.63) is 47.3 Å². The fraction of sp³-hybridized carbons (Fsp3) is 0.478. The van der Waals surface area contributed by atoms with Crippen LogP contribution in [0.5, 0.6) is 0 Å². The number of carbonyl (C=O) groups excluding carboxylic acids is 1. The zero-order valence-electron chi connectivity index (χ0n) is 17.1. The molecule has 1 heterocycles. The molecule has 0 bridgehead atoms. The lowest BCUT2D eigenvalue weighted by atomic mass is 10.0. The molecule has 0 saturated heterocycles. The zero-order valence-corrected chi connectivity index (χ0v) is 17.1. The Hall–Kier alpha value is -2.20. The first kappa shape index (κ1) is 21.1. The number of amides is 1. The number of pyridine rings is 1. The van der Waals surface area contributed by atoms with E-state index in [1.54, 1.807) is 0 Å². The minimum atomic E-state index is -0.221. The molecule has 0 aliphatic rings. The van der Waals surface area contributed by atoms with Crippen molar-refractivity contribution in [1.29, 1.82) is 0 Å². The molecule has 0 spiro atoms. The Balaban J connectivity index is 2.27. The molecule has 0 radical (unpaired) electrons. The average molecular weight is 369 g/mol. The predicted molar refractivity (Wildman–Crippen MR) is 113 cm³/mol. The Bertz CT molecular complexity index is 809. The topological polar surface area (TPSA) is 62.2 Å². The van der Waals surface area contributed by atoms with E-state index in [2.05, 4.69) is 50.1 Å². The molecular formula is C23H32N2O2. The number of aliphatic hydroxyl groups is 1. The van der Waals surface area contributed by atoms with E-state index < -0.39 is 0 Å². The molecule has 0 fully saturated rings. The summed E-state index contributed by atoms with van der Waals surface area (Å²) in [4.78, 5) is 17.2. The summed E-state index contributed by atoms with van der Waals surface area (Å²) in [6, 6.07) is 5.45. The highest BCUT2D eigenvalue weighted by atomic mass is 16.3. The minimum Gasteiger partial charge on any atom is -0.394 e. The van der Waals surface area contributed by atoms with Crippen molar-refractivity contribution in [1.82, 2.24) is 10.3 Å². The number of carbonyl (C=O) groups is 1. The van der Waals surface area contributed by atoms with Crippen molar-refractivity contribution in [2.75, 3.05) is 6.61 Å². The van der Waals surface area contributed by atoms with Gasteiger partial charge in [0.25, 0.3) is 5.91 Å². The van der Waals surface area contributed by atoms with Gasteiger partial charge in [-0.25, -0.2) is 0 Å². The van der Waals surface area contributed by atoms with E-state index in [-0.39, 0.29) is 18.6 Å². The molecule has 1 atom stereocenters. The first-order chi connectivity index (χ1) is 12.8. The van der Waals surface area contributed by atoms with Crippen LogP contribution in [0.4, 0.5) is 0 Å². The first-order valence-electron chi connectivity index (χ1n) is 9.79. The highest BCUT2D eigenvalue weighted by Gasteiger charge is 2.15. The molecule has 2 N–H and O–H groups in total. The Labute approximate surface area is 162 Å². The third kappa shape index (κ3) is 5.90. The Morgan fingerprint density at radius 2 is 1.96 bits per heavy atom. The summed E-state index contributed by atoms with van der Waals surface area (Å²) in [5.74, 6) is 0.875.